The van der Waals surface area contributed by atoms with E-state index in [2.05, 4.69) is 46.0 Å². The number of nitrogens with zero attached hydrogens (tertiary/aromatic N) is 1. The fourth-order valence-electron chi connectivity index (χ4n) is 2.66. The van der Waals surface area contributed by atoms with Gasteiger partial charge in [0.05, 0.1) is 0 Å². The van der Waals surface area contributed by atoms with Crippen LogP contribution in [0.15, 0.2) is 22.7 Å². The van der Waals surface area contributed by atoms with Crippen LogP contribution < -0.4 is 5.73 Å². The normalized spacial score (nSPS) is 18.2. The summed E-state index contributed by atoms with van der Waals surface area (Å²) >= 11 is 3.61. The summed E-state index contributed by atoms with van der Waals surface area (Å²) in [4.78, 5) is 2.56. The molecule has 1 heterocycles. The van der Waals surface area contributed by atoms with Gasteiger partial charge in [-0.05, 0) is 68.9 Å². The minimum Gasteiger partial charge on any atom is -0.330 e. The first-order valence-electron chi connectivity index (χ1n) is 6.86. The molecule has 0 atom stereocenters. The van der Waals surface area contributed by atoms with Gasteiger partial charge in [-0.2, -0.15) is 0 Å². The van der Waals surface area contributed by atoms with Crippen molar-refractivity contribution in [3.05, 3.63) is 33.8 Å². The maximum absolute atomic E-state index is 5.63. The Hall–Kier alpha value is -0.380. The van der Waals surface area contributed by atoms with Gasteiger partial charge < -0.3 is 5.73 Å². The molecule has 3 heteroatoms. The monoisotopic (exact) mass is 310 g/mol. The van der Waals surface area contributed by atoms with Gasteiger partial charge in [-0.25, -0.2) is 0 Å². The van der Waals surface area contributed by atoms with E-state index in [-0.39, 0.29) is 0 Å². The summed E-state index contributed by atoms with van der Waals surface area (Å²) < 4.78 is 1.22. The highest BCUT2D eigenvalue weighted by molar-refractivity contribution is 9.10. The van der Waals surface area contributed by atoms with E-state index in [9.17, 15) is 0 Å². The van der Waals surface area contributed by atoms with Crippen molar-refractivity contribution < 1.29 is 0 Å². The van der Waals surface area contributed by atoms with Gasteiger partial charge in [-0.1, -0.05) is 28.1 Å². The molecular formula is C15H23BrN2. The zero-order valence-electron chi connectivity index (χ0n) is 11.2. The molecule has 1 aromatic rings. The predicted octanol–water partition coefficient (Wildman–Crippen LogP) is 3.32. The van der Waals surface area contributed by atoms with Gasteiger partial charge in [0.2, 0.25) is 0 Å². The quantitative estimate of drug-likeness (QED) is 0.924. The van der Waals surface area contributed by atoms with Crippen LogP contribution in [-0.4, -0.2) is 24.5 Å². The van der Waals surface area contributed by atoms with Crippen LogP contribution in [0.1, 0.15) is 30.4 Å². The lowest BCUT2D eigenvalue weighted by Crippen LogP contribution is -2.33. The Morgan fingerprint density at radius 3 is 2.67 bits per heavy atom. The summed E-state index contributed by atoms with van der Waals surface area (Å²) in [6.45, 7) is 6.49. The molecule has 2 nitrogen and oxygen atoms in total. The molecule has 0 aliphatic carbocycles. The smallest absolute Gasteiger partial charge is 0.0234 e. The topological polar surface area (TPSA) is 29.3 Å². The maximum atomic E-state index is 5.63. The summed E-state index contributed by atoms with van der Waals surface area (Å²) in [6, 6.07) is 6.69. The summed E-state index contributed by atoms with van der Waals surface area (Å²) in [5, 5.41) is 0. The predicted molar refractivity (Wildman–Crippen MR) is 80.6 cm³/mol. The van der Waals surface area contributed by atoms with Crippen molar-refractivity contribution in [3.63, 3.8) is 0 Å². The number of hydrogen-bond acceptors (Lipinski definition) is 2. The Morgan fingerprint density at radius 1 is 1.33 bits per heavy atom. The lowest BCUT2D eigenvalue weighted by atomic mass is 9.93. The molecule has 0 spiro atoms. The molecule has 0 radical (unpaired) electrons. The molecule has 1 aromatic carbocycles. The van der Waals surface area contributed by atoms with Crippen LogP contribution in [0.5, 0.6) is 0 Å². The van der Waals surface area contributed by atoms with Crippen molar-refractivity contribution in [1.82, 2.24) is 4.90 Å². The molecule has 2 rings (SSSR count). The van der Waals surface area contributed by atoms with Crippen molar-refractivity contribution in [2.75, 3.05) is 19.6 Å². The standard InChI is InChI=1S/C15H23BrN2/c1-12-2-3-14(10-15(12)16)11-18-8-5-13(4-7-17)6-9-18/h2-3,10,13H,4-9,11,17H2,1H3. The van der Waals surface area contributed by atoms with E-state index in [1.54, 1.807) is 0 Å². The van der Waals surface area contributed by atoms with Crippen LogP contribution in [-0.2, 0) is 6.54 Å². The number of piperidine rings is 1. The van der Waals surface area contributed by atoms with E-state index in [1.165, 1.54) is 48.0 Å². The van der Waals surface area contributed by atoms with Crippen molar-refractivity contribution in [1.29, 1.82) is 0 Å². The Kier molecular flexibility index (Phi) is 5.22. The molecule has 0 bridgehead atoms. The molecule has 0 saturated carbocycles. The van der Waals surface area contributed by atoms with E-state index < -0.39 is 0 Å². The Bertz CT molecular complexity index is 384. The first kappa shape index (κ1) is 14.0. The number of rotatable bonds is 4. The number of likely N-dealkylation sites (tertiary alicyclic amines) is 1. The van der Waals surface area contributed by atoms with E-state index in [0.29, 0.717) is 0 Å². The van der Waals surface area contributed by atoms with Crippen LogP contribution in [0.3, 0.4) is 0 Å². The molecule has 1 aliphatic rings. The third-order valence-corrected chi connectivity index (χ3v) is 4.78. The van der Waals surface area contributed by atoms with Crippen LogP contribution in [0.25, 0.3) is 0 Å². The van der Waals surface area contributed by atoms with E-state index in [4.69, 9.17) is 5.73 Å². The molecule has 0 unspecified atom stereocenters. The van der Waals surface area contributed by atoms with Gasteiger partial charge in [0, 0.05) is 11.0 Å². The fraction of sp³-hybridized carbons (Fsp3) is 0.600. The summed E-state index contributed by atoms with van der Waals surface area (Å²) in [5.74, 6) is 0.857. The molecule has 2 N–H and O–H groups in total. The zero-order chi connectivity index (χ0) is 13.0. The van der Waals surface area contributed by atoms with Gasteiger partial charge in [-0.3, -0.25) is 4.90 Å². The highest BCUT2D eigenvalue weighted by atomic mass is 79.9. The Morgan fingerprint density at radius 2 is 2.06 bits per heavy atom. The molecule has 1 aliphatic heterocycles. The van der Waals surface area contributed by atoms with Gasteiger partial charge in [0.1, 0.15) is 0 Å². The fourth-order valence-corrected chi connectivity index (χ4v) is 3.09. The lowest BCUT2D eigenvalue weighted by molar-refractivity contribution is 0.173. The number of hydrogen-bond donors (Lipinski definition) is 1. The SMILES string of the molecule is Cc1ccc(CN2CCC(CCN)CC2)cc1Br. The average Bonchev–Trinajstić information content (AvgIpc) is 2.37. The first-order valence-corrected chi connectivity index (χ1v) is 7.66. The minimum atomic E-state index is 0.843. The van der Waals surface area contributed by atoms with Crippen LogP contribution in [0.4, 0.5) is 0 Å². The first-order chi connectivity index (χ1) is 8.69. The Labute approximate surface area is 119 Å². The van der Waals surface area contributed by atoms with Crippen LogP contribution in [0.2, 0.25) is 0 Å². The number of aryl methyl sites for hydroxylation is 1. The largest absolute Gasteiger partial charge is 0.330 e. The third-order valence-electron chi connectivity index (χ3n) is 3.92. The van der Waals surface area contributed by atoms with Crippen LogP contribution >= 0.6 is 15.9 Å². The molecular weight excluding hydrogens is 288 g/mol. The molecule has 0 amide bonds. The van der Waals surface area contributed by atoms with Gasteiger partial charge in [0.15, 0.2) is 0 Å². The summed E-state index contributed by atoms with van der Waals surface area (Å²) in [6.07, 6.45) is 3.82. The van der Waals surface area contributed by atoms with Crippen molar-refractivity contribution >= 4 is 15.9 Å². The summed E-state index contributed by atoms with van der Waals surface area (Å²) in [7, 11) is 0. The number of nitrogens with two attached hydrogens (primary N) is 1. The lowest BCUT2D eigenvalue weighted by Gasteiger charge is -2.31. The van der Waals surface area contributed by atoms with Gasteiger partial charge >= 0.3 is 0 Å². The number of benzene rings is 1. The maximum Gasteiger partial charge on any atom is 0.0234 e. The van der Waals surface area contributed by atoms with Gasteiger partial charge in [0.25, 0.3) is 0 Å². The van der Waals surface area contributed by atoms with Crippen molar-refractivity contribution in [2.45, 2.75) is 32.7 Å². The van der Waals surface area contributed by atoms with Crippen LogP contribution in [0, 0.1) is 12.8 Å². The second kappa shape index (κ2) is 6.69. The van der Waals surface area contributed by atoms with Crippen molar-refractivity contribution in [3.8, 4) is 0 Å². The van der Waals surface area contributed by atoms with E-state index >= 15 is 0 Å². The van der Waals surface area contributed by atoms with E-state index in [1.807, 2.05) is 0 Å². The zero-order valence-corrected chi connectivity index (χ0v) is 12.7. The average molecular weight is 311 g/mol. The van der Waals surface area contributed by atoms with E-state index in [0.717, 1.165) is 19.0 Å². The minimum absolute atomic E-state index is 0.843. The highest BCUT2D eigenvalue weighted by Gasteiger charge is 2.18. The molecule has 100 valence electrons. The molecule has 18 heavy (non-hydrogen) atoms. The molecule has 1 fully saturated rings. The molecule has 1 saturated heterocycles. The number of halogens is 1. The second-order valence-electron chi connectivity index (χ2n) is 5.38. The van der Waals surface area contributed by atoms with Gasteiger partial charge in [-0.15, -0.1) is 0 Å². The van der Waals surface area contributed by atoms with Crippen molar-refractivity contribution in [2.24, 2.45) is 11.7 Å². The second-order valence-corrected chi connectivity index (χ2v) is 6.23. The highest BCUT2D eigenvalue weighted by Crippen LogP contribution is 2.23. The summed E-state index contributed by atoms with van der Waals surface area (Å²) in [5.41, 5.74) is 8.34. The molecule has 0 aromatic heterocycles. The third kappa shape index (κ3) is 3.81. The Balaban J connectivity index is 1.85.